The van der Waals surface area contributed by atoms with Crippen molar-refractivity contribution < 1.29 is 9.59 Å². The predicted molar refractivity (Wildman–Crippen MR) is 186 cm³/mol. The molecule has 2 aromatic rings. The zero-order valence-electron chi connectivity index (χ0n) is 27.4. The van der Waals surface area contributed by atoms with Crippen molar-refractivity contribution in [3.8, 4) is 0 Å². The van der Waals surface area contributed by atoms with Crippen molar-refractivity contribution >= 4 is 39.0 Å². The van der Waals surface area contributed by atoms with Gasteiger partial charge in [0, 0.05) is 24.2 Å². The van der Waals surface area contributed by atoms with Crippen LogP contribution >= 0.6 is 15.8 Å². The Morgan fingerprint density at radius 2 is 0.854 bits per heavy atom. The van der Waals surface area contributed by atoms with Crippen molar-refractivity contribution in [2.24, 2.45) is 0 Å². The van der Waals surface area contributed by atoms with E-state index in [1.807, 2.05) is 0 Å². The summed E-state index contributed by atoms with van der Waals surface area (Å²) in [5.41, 5.74) is 6.93. The molecule has 0 radical (unpaired) electrons. The van der Waals surface area contributed by atoms with Gasteiger partial charge in [-0.25, -0.2) is 0 Å². The Morgan fingerprint density at radius 3 is 1.12 bits per heavy atom. The summed E-state index contributed by atoms with van der Waals surface area (Å²) < 4.78 is 0. The highest BCUT2D eigenvalue weighted by molar-refractivity contribution is 7.57. The number of rotatable bonds is 16. The molecule has 4 nitrogen and oxygen atoms in total. The molecule has 228 valence electrons. The quantitative estimate of drug-likeness (QED) is 0.189. The lowest BCUT2D eigenvalue weighted by atomic mass is 9.92. The molecular formula is C35H56N2O2P2. The van der Waals surface area contributed by atoms with Crippen LogP contribution in [0.1, 0.15) is 121 Å². The van der Waals surface area contributed by atoms with Crippen molar-refractivity contribution in [2.45, 2.75) is 98.3 Å². The summed E-state index contributed by atoms with van der Waals surface area (Å²) in [5.74, 6) is 1.76. The minimum atomic E-state index is -0.163. The fraction of sp³-hybridized carbons (Fsp3) is 0.600. The Bertz CT molecular complexity index is 987. The molecule has 0 aromatic heterocycles. The first-order chi connectivity index (χ1) is 19.3. The third-order valence-corrected chi connectivity index (χ3v) is 11.9. The zero-order chi connectivity index (χ0) is 30.7. The molecule has 2 N–H and O–H groups in total. The Labute approximate surface area is 253 Å². The van der Waals surface area contributed by atoms with Crippen LogP contribution in [-0.4, -0.2) is 49.8 Å². The third-order valence-electron chi connectivity index (χ3n) is 7.80. The maximum absolute atomic E-state index is 12.9. The van der Waals surface area contributed by atoms with Gasteiger partial charge in [-0.3, -0.25) is 9.59 Å². The largest absolute Gasteiger partial charge is 0.326 e. The van der Waals surface area contributed by atoms with Crippen LogP contribution in [0.4, 0.5) is 11.4 Å². The summed E-state index contributed by atoms with van der Waals surface area (Å²) in [4.78, 5) is 25.8. The number of hydrogen-bond donors (Lipinski definition) is 2. The number of amides is 2. The number of carbonyl (C=O) groups excluding carboxylic acids is 2. The molecule has 0 saturated heterocycles. The number of benzene rings is 2. The van der Waals surface area contributed by atoms with Gasteiger partial charge >= 0.3 is 0 Å². The second kappa shape index (κ2) is 17.4. The van der Waals surface area contributed by atoms with E-state index in [0.717, 1.165) is 23.7 Å². The molecule has 0 aliphatic carbocycles. The average molecular weight is 599 g/mol. The van der Waals surface area contributed by atoms with E-state index in [4.69, 9.17) is 0 Å². The number of carbonyl (C=O) groups is 2. The molecule has 2 rings (SSSR count). The minimum Gasteiger partial charge on any atom is -0.326 e. The van der Waals surface area contributed by atoms with Gasteiger partial charge in [0.2, 0.25) is 11.8 Å². The zero-order valence-corrected chi connectivity index (χ0v) is 29.2. The van der Waals surface area contributed by atoms with Gasteiger partial charge in [0.15, 0.2) is 0 Å². The number of nitrogens with one attached hydrogen (secondary N) is 2. The summed E-state index contributed by atoms with van der Waals surface area (Å²) in [6.45, 7) is 22.1. The van der Waals surface area contributed by atoms with Crippen LogP contribution in [0.25, 0.3) is 0 Å². The normalized spacial score (nSPS) is 13.2. The molecule has 41 heavy (non-hydrogen) atoms. The summed E-state index contributed by atoms with van der Waals surface area (Å²) in [7, 11) is -0.327. The van der Waals surface area contributed by atoms with Gasteiger partial charge < -0.3 is 10.6 Å². The summed E-state index contributed by atoms with van der Waals surface area (Å²) in [6, 6.07) is 12.8. The highest BCUT2D eigenvalue weighted by Gasteiger charge is 2.18. The predicted octanol–water partition coefficient (Wildman–Crippen LogP) is 10.2. The maximum atomic E-state index is 12.9. The molecule has 0 bridgehead atoms. The number of hydrogen-bond acceptors (Lipinski definition) is 2. The van der Waals surface area contributed by atoms with E-state index >= 15 is 0 Å². The van der Waals surface area contributed by atoms with E-state index in [0.29, 0.717) is 36.5 Å². The number of anilines is 2. The van der Waals surface area contributed by atoms with Crippen LogP contribution in [0.15, 0.2) is 36.4 Å². The SMILES string of the molecule is CC(C)c1cccc(C(C)C)c1NC(=O)CCP(C)CCCP(C)CCC(=O)Nc1c(C(C)C)cccc1C(C)C. The molecule has 2 unspecified atom stereocenters. The van der Waals surface area contributed by atoms with E-state index in [2.05, 4.69) is 116 Å². The van der Waals surface area contributed by atoms with Crippen LogP contribution in [0.3, 0.4) is 0 Å². The highest BCUT2D eigenvalue weighted by Crippen LogP contribution is 2.38. The summed E-state index contributed by atoms with van der Waals surface area (Å²) in [5, 5.41) is 6.54. The summed E-state index contributed by atoms with van der Waals surface area (Å²) in [6.07, 6.45) is 6.70. The Morgan fingerprint density at radius 1 is 0.561 bits per heavy atom. The Hall–Kier alpha value is -1.76. The van der Waals surface area contributed by atoms with Gasteiger partial charge in [0.1, 0.15) is 0 Å². The fourth-order valence-electron chi connectivity index (χ4n) is 5.21. The average Bonchev–Trinajstić information content (AvgIpc) is 2.90. The van der Waals surface area contributed by atoms with Crippen molar-refractivity contribution in [2.75, 3.05) is 48.6 Å². The van der Waals surface area contributed by atoms with Crippen molar-refractivity contribution in [3.05, 3.63) is 58.7 Å². The molecule has 2 atom stereocenters. The lowest BCUT2D eigenvalue weighted by molar-refractivity contribution is -0.116. The van der Waals surface area contributed by atoms with Crippen LogP contribution in [-0.2, 0) is 9.59 Å². The van der Waals surface area contributed by atoms with Crippen molar-refractivity contribution in [1.82, 2.24) is 0 Å². The standard InChI is InChI=1S/C35H56N2O2P2/c1-24(2)28-14-11-15-29(25(3)4)34(28)36-32(38)18-22-40(9)20-13-21-41(10)23-19-33(39)37-35-30(26(5)6)16-12-17-31(35)27(7)8/h11-12,14-17,24-27H,13,18-23H2,1-10H3,(H,36,38)(H,37,39). The summed E-state index contributed by atoms with van der Waals surface area (Å²) >= 11 is 0. The lowest BCUT2D eigenvalue weighted by Crippen LogP contribution is -2.17. The Kier molecular flexibility index (Phi) is 15.0. The van der Waals surface area contributed by atoms with Crippen molar-refractivity contribution in [3.63, 3.8) is 0 Å². The molecule has 0 fully saturated rings. The smallest absolute Gasteiger partial charge is 0.224 e. The van der Waals surface area contributed by atoms with Gasteiger partial charge in [-0.15, -0.1) is 15.8 Å². The first kappa shape index (κ1) is 35.4. The van der Waals surface area contributed by atoms with E-state index in [1.54, 1.807) is 0 Å². The van der Waals surface area contributed by atoms with E-state index in [9.17, 15) is 9.59 Å². The lowest BCUT2D eigenvalue weighted by Gasteiger charge is -2.21. The van der Waals surface area contributed by atoms with Crippen LogP contribution < -0.4 is 10.6 Å². The second-order valence-corrected chi connectivity index (χ2v) is 18.0. The van der Waals surface area contributed by atoms with E-state index in [-0.39, 0.29) is 27.7 Å². The van der Waals surface area contributed by atoms with Gasteiger partial charge in [0.25, 0.3) is 0 Å². The molecule has 0 aliphatic heterocycles. The monoisotopic (exact) mass is 598 g/mol. The topological polar surface area (TPSA) is 58.2 Å². The molecule has 0 saturated carbocycles. The molecule has 2 amide bonds. The third kappa shape index (κ3) is 11.4. The molecule has 0 heterocycles. The minimum absolute atomic E-state index is 0.137. The first-order valence-corrected chi connectivity index (χ1v) is 19.9. The van der Waals surface area contributed by atoms with Gasteiger partial charge in [0.05, 0.1) is 0 Å². The van der Waals surface area contributed by atoms with E-state index < -0.39 is 0 Å². The highest BCUT2D eigenvalue weighted by atomic mass is 31.1. The van der Waals surface area contributed by atoms with Gasteiger partial charge in [-0.1, -0.05) is 91.8 Å². The van der Waals surface area contributed by atoms with E-state index in [1.165, 1.54) is 41.0 Å². The van der Waals surface area contributed by atoms with Crippen LogP contribution in [0, 0.1) is 0 Å². The maximum Gasteiger partial charge on any atom is 0.224 e. The number of para-hydroxylation sites is 2. The fourth-order valence-corrected chi connectivity index (χ4v) is 8.48. The first-order valence-electron chi connectivity index (χ1n) is 15.5. The molecule has 0 aliphatic rings. The molecule has 2 aromatic carbocycles. The Balaban J connectivity index is 1.77. The van der Waals surface area contributed by atoms with Crippen LogP contribution in [0.5, 0.6) is 0 Å². The van der Waals surface area contributed by atoms with Gasteiger partial charge in [-0.05, 0) is 90.3 Å². The van der Waals surface area contributed by atoms with Gasteiger partial charge in [-0.2, -0.15) is 0 Å². The molecule has 6 heteroatoms. The van der Waals surface area contributed by atoms with Crippen molar-refractivity contribution in [1.29, 1.82) is 0 Å². The molecule has 0 spiro atoms. The molecular weight excluding hydrogens is 542 g/mol. The van der Waals surface area contributed by atoms with Crippen LogP contribution in [0.2, 0.25) is 0 Å². The second-order valence-electron chi connectivity index (χ2n) is 12.8.